The molecule has 112 valence electrons. The van der Waals surface area contributed by atoms with Gasteiger partial charge in [0, 0.05) is 19.6 Å². The predicted molar refractivity (Wildman–Crippen MR) is 82.8 cm³/mol. The van der Waals surface area contributed by atoms with Crippen molar-refractivity contribution in [2.45, 2.75) is 44.7 Å². The third-order valence-corrected chi connectivity index (χ3v) is 5.04. The zero-order valence-corrected chi connectivity index (χ0v) is 12.6. The van der Waals surface area contributed by atoms with Gasteiger partial charge in [0.05, 0.1) is 6.04 Å². The van der Waals surface area contributed by atoms with Crippen molar-refractivity contribution < 1.29 is 4.79 Å². The van der Waals surface area contributed by atoms with E-state index in [0.29, 0.717) is 5.91 Å². The lowest BCUT2D eigenvalue weighted by atomic mass is 9.95. The Morgan fingerprint density at radius 2 is 1.67 bits per heavy atom. The number of carbonyl (C=O) groups excluding carboxylic acids is 1. The number of nitrogens with one attached hydrogen (secondary N) is 1. The molecule has 0 aromatic heterocycles. The maximum absolute atomic E-state index is 12.9. The first kappa shape index (κ1) is 13.3. The van der Waals surface area contributed by atoms with Crippen LogP contribution < -0.4 is 5.32 Å². The van der Waals surface area contributed by atoms with Gasteiger partial charge in [-0.25, -0.2) is 0 Å². The molecular formula is C18H24N2O. The number of carbonyl (C=O) groups is 1. The molecule has 1 aromatic rings. The van der Waals surface area contributed by atoms with Gasteiger partial charge in [-0.15, -0.1) is 0 Å². The SMILES string of the molecule is O=C([C@@H]1Cc2ccccc2CN1)N(CC1CC1)CC1CC1. The maximum Gasteiger partial charge on any atom is 0.240 e. The first-order valence-corrected chi connectivity index (χ1v) is 8.38. The lowest BCUT2D eigenvalue weighted by molar-refractivity contribution is -0.134. The van der Waals surface area contributed by atoms with Crippen molar-refractivity contribution in [2.75, 3.05) is 13.1 Å². The zero-order valence-electron chi connectivity index (χ0n) is 12.6. The van der Waals surface area contributed by atoms with Gasteiger partial charge in [0.1, 0.15) is 0 Å². The maximum atomic E-state index is 12.9. The Kier molecular flexibility index (Phi) is 3.46. The Bertz CT molecular complexity index is 520. The van der Waals surface area contributed by atoms with Crippen molar-refractivity contribution >= 4 is 5.91 Å². The first-order chi connectivity index (χ1) is 10.3. The Morgan fingerprint density at radius 3 is 2.29 bits per heavy atom. The van der Waals surface area contributed by atoms with Gasteiger partial charge in [-0.3, -0.25) is 4.79 Å². The van der Waals surface area contributed by atoms with E-state index in [0.717, 1.165) is 37.9 Å². The quantitative estimate of drug-likeness (QED) is 0.900. The van der Waals surface area contributed by atoms with Crippen molar-refractivity contribution in [3.8, 4) is 0 Å². The van der Waals surface area contributed by atoms with E-state index in [1.165, 1.54) is 36.8 Å². The highest BCUT2D eigenvalue weighted by Crippen LogP contribution is 2.34. The Labute approximate surface area is 126 Å². The lowest BCUT2D eigenvalue weighted by Crippen LogP contribution is -2.50. The van der Waals surface area contributed by atoms with Crippen LogP contribution >= 0.6 is 0 Å². The lowest BCUT2D eigenvalue weighted by Gasteiger charge is -2.31. The van der Waals surface area contributed by atoms with Crippen LogP contribution in [-0.4, -0.2) is 29.9 Å². The Hall–Kier alpha value is -1.35. The topological polar surface area (TPSA) is 32.3 Å². The minimum absolute atomic E-state index is 0.0163. The van der Waals surface area contributed by atoms with Crippen LogP contribution in [0.4, 0.5) is 0 Å². The summed E-state index contributed by atoms with van der Waals surface area (Å²) in [7, 11) is 0. The van der Waals surface area contributed by atoms with Crippen molar-refractivity contribution in [1.29, 1.82) is 0 Å². The van der Waals surface area contributed by atoms with Gasteiger partial charge in [0.15, 0.2) is 0 Å². The van der Waals surface area contributed by atoms with E-state index in [1.807, 2.05) is 0 Å². The highest BCUT2D eigenvalue weighted by Gasteiger charge is 2.35. The summed E-state index contributed by atoms with van der Waals surface area (Å²) in [4.78, 5) is 15.1. The van der Waals surface area contributed by atoms with Crippen molar-refractivity contribution in [2.24, 2.45) is 11.8 Å². The number of fused-ring (bicyclic) bond motifs is 1. The summed E-state index contributed by atoms with van der Waals surface area (Å²) in [6.45, 7) is 2.82. The highest BCUT2D eigenvalue weighted by atomic mass is 16.2. The van der Waals surface area contributed by atoms with E-state index in [9.17, 15) is 4.79 Å². The summed E-state index contributed by atoms with van der Waals surface area (Å²) in [6, 6.07) is 8.47. The van der Waals surface area contributed by atoms with E-state index in [-0.39, 0.29) is 6.04 Å². The molecule has 0 bridgehead atoms. The summed E-state index contributed by atoms with van der Waals surface area (Å²) in [5, 5.41) is 3.45. The van der Waals surface area contributed by atoms with Gasteiger partial charge in [0.25, 0.3) is 0 Å². The summed E-state index contributed by atoms with van der Waals surface area (Å²) >= 11 is 0. The average Bonchev–Trinajstić information content (AvgIpc) is 3.41. The molecule has 4 rings (SSSR count). The van der Waals surface area contributed by atoms with Gasteiger partial charge >= 0.3 is 0 Å². The highest BCUT2D eigenvalue weighted by molar-refractivity contribution is 5.82. The van der Waals surface area contributed by atoms with E-state index in [1.54, 1.807) is 0 Å². The smallest absolute Gasteiger partial charge is 0.240 e. The molecule has 1 N–H and O–H groups in total. The van der Waals surface area contributed by atoms with E-state index >= 15 is 0 Å². The van der Waals surface area contributed by atoms with Crippen LogP contribution in [-0.2, 0) is 17.8 Å². The van der Waals surface area contributed by atoms with E-state index < -0.39 is 0 Å². The number of hydrogen-bond donors (Lipinski definition) is 1. The molecule has 0 unspecified atom stereocenters. The molecule has 21 heavy (non-hydrogen) atoms. The number of hydrogen-bond acceptors (Lipinski definition) is 2. The van der Waals surface area contributed by atoms with Crippen LogP contribution in [0.1, 0.15) is 36.8 Å². The normalized spacial score (nSPS) is 24.5. The molecule has 1 aromatic carbocycles. The minimum atomic E-state index is -0.0163. The standard InChI is InChI=1S/C18H24N2O/c21-18(20(11-13-5-6-13)12-14-7-8-14)17-9-15-3-1-2-4-16(15)10-19-17/h1-4,13-14,17,19H,5-12H2/t17-/m0/s1. The number of rotatable bonds is 5. The summed E-state index contributed by atoms with van der Waals surface area (Å²) in [6.07, 6.45) is 6.11. The van der Waals surface area contributed by atoms with Crippen LogP contribution in [0.15, 0.2) is 24.3 Å². The molecular weight excluding hydrogens is 260 g/mol. The average molecular weight is 284 g/mol. The molecule has 3 heteroatoms. The number of benzene rings is 1. The first-order valence-electron chi connectivity index (χ1n) is 8.38. The molecule has 2 fully saturated rings. The molecule has 1 aliphatic heterocycles. The van der Waals surface area contributed by atoms with Gasteiger partial charge in [-0.2, -0.15) is 0 Å². The molecule has 0 saturated heterocycles. The second kappa shape index (κ2) is 5.45. The van der Waals surface area contributed by atoms with Crippen LogP contribution in [0.25, 0.3) is 0 Å². The van der Waals surface area contributed by atoms with Crippen molar-refractivity contribution in [1.82, 2.24) is 10.2 Å². The van der Waals surface area contributed by atoms with Crippen LogP contribution in [0.5, 0.6) is 0 Å². The Morgan fingerprint density at radius 1 is 1.05 bits per heavy atom. The summed E-state index contributed by atoms with van der Waals surface area (Å²) < 4.78 is 0. The Balaban J connectivity index is 1.44. The molecule has 1 heterocycles. The fraction of sp³-hybridized carbons (Fsp3) is 0.611. The molecule has 0 spiro atoms. The van der Waals surface area contributed by atoms with Gasteiger partial charge < -0.3 is 10.2 Å². The second-order valence-electron chi connectivity index (χ2n) is 7.04. The van der Waals surface area contributed by atoms with E-state index in [4.69, 9.17) is 0 Å². The molecule has 0 radical (unpaired) electrons. The molecule has 2 saturated carbocycles. The predicted octanol–water partition coefficient (Wildman–Crippen LogP) is 2.35. The van der Waals surface area contributed by atoms with Gasteiger partial charge in [0.2, 0.25) is 5.91 Å². The zero-order chi connectivity index (χ0) is 14.2. The number of amides is 1. The second-order valence-corrected chi connectivity index (χ2v) is 7.04. The molecule has 1 amide bonds. The van der Waals surface area contributed by atoms with Crippen molar-refractivity contribution in [3.63, 3.8) is 0 Å². The van der Waals surface area contributed by atoms with Crippen LogP contribution in [0.3, 0.4) is 0 Å². The summed E-state index contributed by atoms with van der Waals surface area (Å²) in [5.74, 6) is 1.90. The minimum Gasteiger partial charge on any atom is -0.341 e. The fourth-order valence-corrected chi connectivity index (χ4v) is 3.33. The van der Waals surface area contributed by atoms with Gasteiger partial charge in [-0.1, -0.05) is 24.3 Å². The fourth-order valence-electron chi connectivity index (χ4n) is 3.33. The third kappa shape index (κ3) is 3.13. The van der Waals surface area contributed by atoms with Crippen LogP contribution in [0.2, 0.25) is 0 Å². The number of nitrogens with zero attached hydrogens (tertiary/aromatic N) is 1. The van der Waals surface area contributed by atoms with Crippen molar-refractivity contribution in [3.05, 3.63) is 35.4 Å². The monoisotopic (exact) mass is 284 g/mol. The third-order valence-electron chi connectivity index (χ3n) is 5.04. The van der Waals surface area contributed by atoms with Gasteiger partial charge in [-0.05, 0) is 55.1 Å². The largest absolute Gasteiger partial charge is 0.341 e. The van der Waals surface area contributed by atoms with E-state index in [2.05, 4.69) is 34.5 Å². The molecule has 1 atom stereocenters. The summed E-state index contributed by atoms with van der Waals surface area (Å²) in [5.41, 5.74) is 2.69. The molecule has 3 nitrogen and oxygen atoms in total. The molecule has 3 aliphatic rings. The van der Waals surface area contributed by atoms with Crippen LogP contribution in [0, 0.1) is 11.8 Å². The molecule has 2 aliphatic carbocycles.